The van der Waals surface area contributed by atoms with Gasteiger partial charge in [0.1, 0.15) is 12.1 Å². The normalized spacial score (nSPS) is 31.1. The maximum Gasteiger partial charge on any atom is 0.243 e. The third-order valence-corrected chi connectivity index (χ3v) is 12.9. The van der Waals surface area contributed by atoms with Crippen LogP contribution in [0.2, 0.25) is 0 Å². The molecular formula is C29H37N3O6S2. The summed E-state index contributed by atoms with van der Waals surface area (Å²) < 4.78 is 56.1. The minimum Gasteiger partial charge on any atom is -0.223 e. The molecule has 2 aromatic carbocycles. The number of hydrogen-bond acceptors (Lipinski definition) is 8. The van der Waals surface area contributed by atoms with Crippen molar-refractivity contribution in [3.05, 3.63) is 68.5 Å². The van der Waals surface area contributed by atoms with Crippen molar-refractivity contribution in [2.45, 2.75) is 80.5 Å². The molecule has 2 aliphatic carbocycles. The van der Waals surface area contributed by atoms with Crippen molar-refractivity contribution in [3.8, 4) is 0 Å². The standard InChI is InChI=1S/C29H37N3O6S2/c1-17-9-18(2)12-23(11-17)39(35,36)21-5-7-24-26(13-21)29(31-34)27-14-22(6-8-25(27)28(24)30-33)40(37,38)32-15-19(3)10-20(4)16-32/h5-8,13-14,17-20,23,28-29H,9-12,15-16H2,1-4H3. The van der Waals surface area contributed by atoms with Crippen LogP contribution < -0.4 is 0 Å². The fourth-order valence-electron chi connectivity index (χ4n) is 7.25. The summed E-state index contributed by atoms with van der Waals surface area (Å²) in [5.41, 5.74) is 1.35. The van der Waals surface area contributed by atoms with Crippen LogP contribution in [0.1, 0.15) is 87.7 Å². The van der Waals surface area contributed by atoms with E-state index in [-0.39, 0.29) is 44.6 Å². The van der Waals surface area contributed by atoms with E-state index in [1.807, 2.05) is 13.8 Å². The molecule has 0 bridgehead atoms. The van der Waals surface area contributed by atoms with Crippen molar-refractivity contribution >= 4 is 19.9 Å². The Balaban J connectivity index is 1.57. The van der Waals surface area contributed by atoms with Gasteiger partial charge < -0.3 is 0 Å². The van der Waals surface area contributed by atoms with E-state index in [9.17, 15) is 26.6 Å². The molecule has 3 aliphatic rings. The van der Waals surface area contributed by atoms with Crippen LogP contribution in [0.5, 0.6) is 0 Å². The van der Waals surface area contributed by atoms with Crippen LogP contribution in [-0.4, -0.2) is 39.5 Å². The largest absolute Gasteiger partial charge is 0.243 e. The van der Waals surface area contributed by atoms with E-state index in [2.05, 4.69) is 24.2 Å². The van der Waals surface area contributed by atoms with Gasteiger partial charge >= 0.3 is 0 Å². The lowest BCUT2D eigenvalue weighted by Crippen LogP contribution is -2.42. The van der Waals surface area contributed by atoms with Gasteiger partial charge in [0.15, 0.2) is 9.84 Å². The molecule has 1 aliphatic heterocycles. The Hall–Kier alpha value is -2.50. The van der Waals surface area contributed by atoms with E-state index < -0.39 is 37.2 Å². The summed E-state index contributed by atoms with van der Waals surface area (Å²) in [5.74, 6) is 0.998. The third-order valence-electron chi connectivity index (χ3n) is 8.88. The van der Waals surface area contributed by atoms with Crippen molar-refractivity contribution in [2.75, 3.05) is 13.1 Å². The lowest BCUT2D eigenvalue weighted by molar-refractivity contribution is 0.222. The maximum absolute atomic E-state index is 13.7. The summed E-state index contributed by atoms with van der Waals surface area (Å²) in [6.45, 7) is 8.97. The molecule has 5 rings (SSSR count). The predicted octanol–water partition coefficient (Wildman–Crippen LogP) is 5.98. The molecule has 0 radical (unpaired) electrons. The molecule has 40 heavy (non-hydrogen) atoms. The SMILES string of the molecule is CC1CC(C)CC(S(=O)(=O)c2ccc3c(c2)C(N=O)c2cc(S(=O)(=O)N4CC(C)CC(C)C4)ccc2C3N=O)C1. The number of piperidine rings is 1. The van der Waals surface area contributed by atoms with Crippen molar-refractivity contribution in [3.63, 3.8) is 0 Å². The Kier molecular flexibility index (Phi) is 7.78. The van der Waals surface area contributed by atoms with E-state index in [1.165, 1.54) is 34.6 Å². The van der Waals surface area contributed by atoms with Crippen molar-refractivity contribution in [1.29, 1.82) is 0 Å². The smallest absolute Gasteiger partial charge is 0.223 e. The molecule has 1 saturated carbocycles. The molecule has 0 N–H and O–H groups in total. The summed E-state index contributed by atoms with van der Waals surface area (Å²) in [6, 6.07) is 6.69. The number of nitroso groups, excluding NO2 is 2. The van der Waals surface area contributed by atoms with E-state index in [1.54, 1.807) is 6.07 Å². The molecule has 0 spiro atoms. The van der Waals surface area contributed by atoms with Gasteiger partial charge in [-0.05, 0) is 95.9 Å². The van der Waals surface area contributed by atoms with Crippen LogP contribution in [-0.2, 0) is 19.9 Å². The van der Waals surface area contributed by atoms with Gasteiger partial charge in [-0.2, -0.15) is 4.31 Å². The number of benzene rings is 2. The quantitative estimate of drug-likeness (QED) is 0.382. The van der Waals surface area contributed by atoms with Gasteiger partial charge in [0, 0.05) is 13.1 Å². The number of fused-ring (bicyclic) bond motifs is 2. The van der Waals surface area contributed by atoms with E-state index >= 15 is 0 Å². The Morgan fingerprint density at radius 2 is 1.07 bits per heavy atom. The average molecular weight is 588 g/mol. The number of sulfonamides is 1. The molecule has 11 heteroatoms. The van der Waals surface area contributed by atoms with Gasteiger partial charge in [0.2, 0.25) is 10.0 Å². The van der Waals surface area contributed by atoms with Gasteiger partial charge in [-0.3, -0.25) is 0 Å². The van der Waals surface area contributed by atoms with Crippen LogP contribution >= 0.6 is 0 Å². The van der Waals surface area contributed by atoms with Gasteiger partial charge in [0.25, 0.3) is 0 Å². The van der Waals surface area contributed by atoms with Crippen LogP contribution in [0.25, 0.3) is 0 Å². The zero-order chi connectivity index (χ0) is 29.0. The molecule has 6 unspecified atom stereocenters. The van der Waals surface area contributed by atoms with Crippen LogP contribution in [0.3, 0.4) is 0 Å². The van der Waals surface area contributed by atoms with Gasteiger partial charge in [-0.1, -0.05) is 50.2 Å². The second-order valence-electron chi connectivity index (χ2n) is 12.4. The summed E-state index contributed by atoms with van der Waals surface area (Å²) in [6.07, 6.45) is 3.06. The molecular weight excluding hydrogens is 550 g/mol. The molecule has 0 aromatic heterocycles. The fraction of sp³-hybridized carbons (Fsp3) is 0.586. The Morgan fingerprint density at radius 1 is 0.625 bits per heavy atom. The Bertz CT molecular complexity index is 1410. The Labute approximate surface area is 236 Å². The van der Waals surface area contributed by atoms with Crippen LogP contribution in [0, 0.1) is 33.5 Å². The van der Waals surface area contributed by atoms with Crippen molar-refractivity contribution in [2.24, 2.45) is 34.0 Å². The molecule has 1 saturated heterocycles. The fourth-order valence-corrected chi connectivity index (χ4v) is 11.1. The molecule has 2 aromatic rings. The monoisotopic (exact) mass is 587 g/mol. The van der Waals surface area contributed by atoms with Crippen LogP contribution in [0.15, 0.2) is 56.5 Å². The summed E-state index contributed by atoms with van der Waals surface area (Å²) in [4.78, 5) is 24.5. The molecule has 2 fully saturated rings. The first-order valence-electron chi connectivity index (χ1n) is 14.0. The Morgan fingerprint density at radius 3 is 1.60 bits per heavy atom. The van der Waals surface area contributed by atoms with Gasteiger partial charge in [0.05, 0.1) is 15.0 Å². The first-order valence-corrected chi connectivity index (χ1v) is 17.0. The van der Waals surface area contributed by atoms with Crippen LogP contribution in [0.4, 0.5) is 0 Å². The predicted molar refractivity (Wildman–Crippen MR) is 153 cm³/mol. The minimum absolute atomic E-state index is 0.0169. The number of rotatable bonds is 6. The summed E-state index contributed by atoms with van der Waals surface area (Å²) in [5, 5.41) is 6.09. The lowest BCUT2D eigenvalue weighted by atomic mass is 9.80. The summed E-state index contributed by atoms with van der Waals surface area (Å²) in [7, 11) is -7.57. The number of nitrogens with zero attached hydrogens (tertiary/aromatic N) is 3. The average Bonchev–Trinajstić information content (AvgIpc) is 2.89. The highest BCUT2D eigenvalue weighted by atomic mass is 32.2. The zero-order valence-electron chi connectivity index (χ0n) is 23.4. The molecule has 9 nitrogen and oxygen atoms in total. The van der Waals surface area contributed by atoms with E-state index in [0.717, 1.165) is 12.8 Å². The third kappa shape index (κ3) is 5.05. The maximum atomic E-state index is 13.7. The summed E-state index contributed by atoms with van der Waals surface area (Å²) >= 11 is 0. The molecule has 6 atom stereocenters. The lowest BCUT2D eigenvalue weighted by Gasteiger charge is -2.34. The number of hydrogen-bond donors (Lipinski definition) is 0. The minimum atomic E-state index is -3.87. The first kappa shape index (κ1) is 29.0. The molecule has 1 heterocycles. The first-order chi connectivity index (χ1) is 18.9. The van der Waals surface area contributed by atoms with Crippen molar-refractivity contribution < 1.29 is 16.8 Å². The second kappa shape index (κ2) is 10.7. The zero-order valence-corrected chi connectivity index (χ0v) is 25.0. The molecule has 0 amide bonds. The highest BCUT2D eigenvalue weighted by Crippen LogP contribution is 2.47. The topological polar surface area (TPSA) is 130 Å². The highest BCUT2D eigenvalue weighted by molar-refractivity contribution is 7.92. The van der Waals surface area contributed by atoms with E-state index in [0.29, 0.717) is 37.1 Å². The van der Waals surface area contributed by atoms with Gasteiger partial charge in [-0.15, -0.1) is 9.81 Å². The molecule has 216 valence electrons. The van der Waals surface area contributed by atoms with Gasteiger partial charge in [-0.25, -0.2) is 16.8 Å². The highest BCUT2D eigenvalue weighted by Gasteiger charge is 2.40. The van der Waals surface area contributed by atoms with E-state index in [4.69, 9.17) is 0 Å². The van der Waals surface area contributed by atoms with Crippen molar-refractivity contribution in [1.82, 2.24) is 4.31 Å². The second-order valence-corrected chi connectivity index (χ2v) is 16.6. The number of sulfone groups is 1.